The third-order valence-corrected chi connectivity index (χ3v) is 7.54. The number of nitrogens with two attached hydrogens (primary N) is 1. The van der Waals surface area contributed by atoms with E-state index in [2.05, 4.69) is 33.6 Å². The molecule has 8 N–H and O–H groups in total. The summed E-state index contributed by atoms with van der Waals surface area (Å²) in [5.41, 5.74) is 9.30. The van der Waals surface area contributed by atoms with Gasteiger partial charge in [0.1, 0.15) is 23.9 Å². The molecule has 0 bridgehead atoms. The second-order valence-electron chi connectivity index (χ2n) is 10.4. The number of nitrogens with one attached hydrogen (secondary N) is 4. The highest BCUT2D eigenvalue weighted by molar-refractivity contribution is 7.80. The molecule has 0 aliphatic carbocycles. The van der Waals surface area contributed by atoms with E-state index < -0.39 is 47.9 Å². The summed E-state index contributed by atoms with van der Waals surface area (Å²) >= 11 is 4.01. The fourth-order valence-electron chi connectivity index (χ4n) is 4.78. The van der Waals surface area contributed by atoms with E-state index >= 15 is 0 Å². The van der Waals surface area contributed by atoms with Crippen molar-refractivity contribution in [3.63, 3.8) is 0 Å². The number of aromatic nitrogens is 1. The van der Waals surface area contributed by atoms with Gasteiger partial charge in [0.25, 0.3) is 0 Å². The molecule has 0 saturated heterocycles. The number of fused-ring (bicyclic) bond motifs is 1. The average Bonchev–Trinajstić information content (AvgIpc) is 3.43. The number of para-hydroxylation sites is 1. The number of rotatable bonds is 14. The molecule has 0 radical (unpaired) electrons. The third kappa shape index (κ3) is 8.62. The quantitative estimate of drug-likeness (QED) is 0.0989. The molecule has 12 heteroatoms. The van der Waals surface area contributed by atoms with E-state index in [-0.39, 0.29) is 30.8 Å². The topological polar surface area (TPSA) is 187 Å². The Hall–Kier alpha value is -4.81. The number of carbonyl (C=O) groups excluding carboxylic acids is 3. The molecule has 230 valence electrons. The first-order valence-corrected chi connectivity index (χ1v) is 14.6. The predicted molar refractivity (Wildman–Crippen MR) is 169 cm³/mol. The second-order valence-corrected chi connectivity index (χ2v) is 10.8. The number of phenolic OH excluding ortho intramolecular Hbond substituents is 1. The lowest BCUT2D eigenvalue weighted by Crippen LogP contribution is -2.58. The van der Waals surface area contributed by atoms with Crippen molar-refractivity contribution >= 4 is 47.2 Å². The lowest BCUT2D eigenvalue weighted by molar-refractivity contribution is -0.141. The number of benzene rings is 3. The largest absolute Gasteiger partial charge is 0.508 e. The number of phenols is 1. The second kappa shape index (κ2) is 15.1. The van der Waals surface area contributed by atoms with Crippen LogP contribution in [0.15, 0.2) is 85.1 Å². The van der Waals surface area contributed by atoms with Gasteiger partial charge in [0, 0.05) is 35.7 Å². The number of aromatic amines is 1. The van der Waals surface area contributed by atoms with Gasteiger partial charge in [-0.25, -0.2) is 4.79 Å². The van der Waals surface area contributed by atoms with Crippen LogP contribution < -0.4 is 21.7 Å². The van der Waals surface area contributed by atoms with Gasteiger partial charge in [-0.2, -0.15) is 12.6 Å². The first-order chi connectivity index (χ1) is 21.1. The van der Waals surface area contributed by atoms with Crippen LogP contribution in [0.5, 0.6) is 5.75 Å². The fourth-order valence-corrected chi connectivity index (χ4v) is 5.02. The van der Waals surface area contributed by atoms with Crippen molar-refractivity contribution in [3.8, 4) is 5.75 Å². The number of aliphatic carboxylic acids is 1. The number of carboxylic acids is 1. The van der Waals surface area contributed by atoms with Crippen molar-refractivity contribution in [3.05, 3.63) is 102 Å². The van der Waals surface area contributed by atoms with Gasteiger partial charge in [0.15, 0.2) is 0 Å². The smallest absolute Gasteiger partial charge is 0.327 e. The van der Waals surface area contributed by atoms with Crippen molar-refractivity contribution < 1.29 is 29.4 Å². The van der Waals surface area contributed by atoms with Crippen molar-refractivity contribution in [2.24, 2.45) is 5.73 Å². The number of hydrogen-bond acceptors (Lipinski definition) is 7. The van der Waals surface area contributed by atoms with Crippen LogP contribution in [-0.2, 0) is 38.4 Å². The number of H-pyrrole nitrogens is 1. The molecule has 1 aromatic heterocycles. The van der Waals surface area contributed by atoms with Gasteiger partial charge in [-0.3, -0.25) is 14.4 Å². The zero-order valence-corrected chi connectivity index (χ0v) is 24.7. The predicted octanol–water partition coefficient (Wildman–Crippen LogP) is 1.70. The highest BCUT2D eigenvalue weighted by Crippen LogP contribution is 2.20. The number of carboxylic acid groups (broad SMARTS) is 1. The highest BCUT2D eigenvalue weighted by Gasteiger charge is 2.31. The number of aromatic hydroxyl groups is 1. The SMILES string of the molecule is NC(Cc1ccccc1)C(=O)NC(Cc1c[nH]c2ccccc12)C(=O)NC(Cc1ccc(O)cc1)C(=O)NC(CS)C(=O)O. The summed E-state index contributed by atoms with van der Waals surface area (Å²) in [5, 5.41) is 27.9. The minimum atomic E-state index is -1.29. The van der Waals surface area contributed by atoms with E-state index in [0.29, 0.717) is 5.56 Å². The van der Waals surface area contributed by atoms with E-state index in [0.717, 1.165) is 22.0 Å². The van der Waals surface area contributed by atoms with Gasteiger partial charge in [-0.15, -0.1) is 0 Å². The Morgan fingerprint density at radius 3 is 1.95 bits per heavy atom. The molecule has 4 rings (SSSR count). The summed E-state index contributed by atoms with van der Waals surface area (Å²) in [6.07, 6.45) is 2.08. The Balaban J connectivity index is 1.59. The molecule has 0 saturated carbocycles. The van der Waals surface area contributed by atoms with E-state index in [9.17, 15) is 29.4 Å². The molecule has 4 unspecified atom stereocenters. The molecule has 4 aromatic rings. The Labute approximate surface area is 259 Å². The van der Waals surface area contributed by atoms with Crippen LogP contribution in [-0.4, -0.2) is 68.8 Å². The van der Waals surface area contributed by atoms with Gasteiger partial charge >= 0.3 is 5.97 Å². The van der Waals surface area contributed by atoms with E-state index in [1.54, 1.807) is 18.3 Å². The maximum Gasteiger partial charge on any atom is 0.327 e. The van der Waals surface area contributed by atoms with Crippen LogP contribution in [0.3, 0.4) is 0 Å². The summed E-state index contributed by atoms with van der Waals surface area (Å²) < 4.78 is 0. The molecule has 3 aromatic carbocycles. The molecule has 0 spiro atoms. The Morgan fingerprint density at radius 1 is 0.727 bits per heavy atom. The van der Waals surface area contributed by atoms with E-state index in [1.807, 2.05) is 54.6 Å². The number of hydrogen-bond donors (Lipinski definition) is 8. The van der Waals surface area contributed by atoms with Crippen LogP contribution >= 0.6 is 12.6 Å². The Morgan fingerprint density at radius 2 is 1.30 bits per heavy atom. The minimum absolute atomic E-state index is 0.0158. The Kier molecular flexibility index (Phi) is 11.0. The molecule has 3 amide bonds. The van der Waals surface area contributed by atoms with Gasteiger partial charge in [0.05, 0.1) is 6.04 Å². The van der Waals surface area contributed by atoms with Crippen molar-refractivity contribution in [2.75, 3.05) is 5.75 Å². The minimum Gasteiger partial charge on any atom is -0.508 e. The number of carbonyl (C=O) groups is 4. The van der Waals surface area contributed by atoms with Crippen LogP contribution in [0.1, 0.15) is 16.7 Å². The third-order valence-electron chi connectivity index (χ3n) is 7.17. The molecule has 0 aliphatic heterocycles. The molecule has 4 atom stereocenters. The number of amides is 3. The van der Waals surface area contributed by atoms with Gasteiger partial charge < -0.3 is 36.9 Å². The molecule has 11 nitrogen and oxygen atoms in total. The van der Waals surface area contributed by atoms with Crippen molar-refractivity contribution in [1.29, 1.82) is 0 Å². The molecular weight excluding hydrogens is 582 g/mol. The molecule has 0 fully saturated rings. The first kappa shape index (κ1) is 32.1. The summed E-state index contributed by atoms with van der Waals surface area (Å²) in [6.45, 7) is 0. The van der Waals surface area contributed by atoms with Gasteiger partial charge in [-0.1, -0.05) is 60.7 Å². The maximum atomic E-state index is 13.8. The fraction of sp³-hybridized carbons (Fsp3) is 0.250. The summed E-state index contributed by atoms with van der Waals surface area (Å²) in [4.78, 5) is 55.1. The van der Waals surface area contributed by atoms with E-state index in [4.69, 9.17) is 5.73 Å². The summed E-state index contributed by atoms with van der Waals surface area (Å²) in [6, 6.07) is 18.2. The lowest BCUT2D eigenvalue weighted by Gasteiger charge is -2.25. The maximum absolute atomic E-state index is 13.8. The van der Waals surface area contributed by atoms with Gasteiger partial charge in [0.2, 0.25) is 17.7 Å². The van der Waals surface area contributed by atoms with Crippen LogP contribution in [0.2, 0.25) is 0 Å². The summed E-state index contributed by atoms with van der Waals surface area (Å²) in [7, 11) is 0. The zero-order valence-electron chi connectivity index (χ0n) is 23.8. The zero-order chi connectivity index (χ0) is 31.6. The number of thiol groups is 1. The Bertz CT molecular complexity index is 1590. The molecular formula is C32H35N5O6S. The first-order valence-electron chi connectivity index (χ1n) is 14.0. The van der Waals surface area contributed by atoms with Crippen molar-refractivity contribution in [1.82, 2.24) is 20.9 Å². The standard InChI is InChI=1S/C32H35N5O6S/c33-24(14-19-6-2-1-3-7-19)29(39)35-27(16-21-17-34-25-9-5-4-8-23(21)25)31(41)36-26(15-20-10-12-22(38)13-11-20)30(40)37-28(18-44)32(42)43/h1-13,17,24,26-28,34,38,44H,14-16,18,33H2,(H,35,39)(H,36,41)(H,37,40)(H,42,43). The lowest BCUT2D eigenvalue weighted by atomic mass is 10.0. The van der Waals surface area contributed by atoms with Crippen LogP contribution in [0.4, 0.5) is 0 Å². The molecule has 1 heterocycles. The molecule has 44 heavy (non-hydrogen) atoms. The highest BCUT2D eigenvalue weighted by atomic mass is 32.1. The van der Waals surface area contributed by atoms with E-state index in [1.165, 1.54) is 12.1 Å². The van der Waals surface area contributed by atoms with Crippen LogP contribution in [0, 0.1) is 0 Å². The normalized spacial score (nSPS) is 13.8. The summed E-state index contributed by atoms with van der Waals surface area (Å²) in [5.74, 6) is -3.38. The van der Waals surface area contributed by atoms with Crippen LogP contribution in [0.25, 0.3) is 10.9 Å². The van der Waals surface area contributed by atoms with Gasteiger partial charge in [-0.05, 0) is 41.3 Å². The van der Waals surface area contributed by atoms with Crippen molar-refractivity contribution in [2.45, 2.75) is 43.4 Å². The average molecular weight is 618 g/mol. The monoisotopic (exact) mass is 617 g/mol. The molecule has 0 aliphatic rings.